The Morgan fingerprint density at radius 1 is 1.19 bits per heavy atom. The maximum atomic E-state index is 13.2. The first kappa shape index (κ1) is 22.0. The van der Waals surface area contributed by atoms with Crippen LogP contribution in [-0.2, 0) is 11.2 Å². The van der Waals surface area contributed by atoms with Crippen LogP contribution < -0.4 is 15.6 Å². The number of halogens is 1. The van der Waals surface area contributed by atoms with Crippen molar-refractivity contribution in [3.63, 3.8) is 0 Å². The molecule has 6 nitrogen and oxygen atoms in total. The first-order chi connectivity index (χ1) is 15.5. The summed E-state index contributed by atoms with van der Waals surface area (Å²) in [6, 6.07) is 13.7. The zero-order valence-corrected chi connectivity index (χ0v) is 18.8. The number of ether oxygens (including phenoxy) is 1. The summed E-state index contributed by atoms with van der Waals surface area (Å²) >= 11 is 2.52. The molecule has 2 aromatic carbocycles. The fourth-order valence-electron chi connectivity index (χ4n) is 3.16. The Kier molecular flexibility index (Phi) is 6.87. The summed E-state index contributed by atoms with van der Waals surface area (Å²) in [4.78, 5) is 32.6. The maximum Gasteiger partial charge on any atom is 0.260 e. The van der Waals surface area contributed by atoms with E-state index in [0.29, 0.717) is 33.9 Å². The van der Waals surface area contributed by atoms with E-state index in [2.05, 4.69) is 15.3 Å². The number of benzene rings is 2. The van der Waals surface area contributed by atoms with E-state index < -0.39 is 0 Å². The molecule has 4 rings (SSSR count). The highest BCUT2D eigenvalue weighted by atomic mass is 32.2. The maximum absolute atomic E-state index is 13.2. The average Bonchev–Trinajstić information content (AvgIpc) is 3.23. The summed E-state index contributed by atoms with van der Waals surface area (Å²) in [5.74, 6) is 0.474. The van der Waals surface area contributed by atoms with E-state index in [1.165, 1.54) is 35.2 Å². The van der Waals surface area contributed by atoms with Gasteiger partial charge in [-0.2, -0.15) is 0 Å². The number of thiophene rings is 1. The smallest absolute Gasteiger partial charge is 0.260 e. The summed E-state index contributed by atoms with van der Waals surface area (Å²) in [6.45, 7) is 0.515. The number of fused-ring (bicyclic) bond motifs is 1. The summed E-state index contributed by atoms with van der Waals surface area (Å²) in [6.07, 6.45) is 0.711. The quantitative estimate of drug-likeness (QED) is 0.298. The molecule has 0 aliphatic rings. The van der Waals surface area contributed by atoms with Gasteiger partial charge in [0.15, 0.2) is 5.16 Å². The Morgan fingerprint density at radius 3 is 2.66 bits per heavy atom. The molecule has 1 amide bonds. The van der Waals surface area contributed by atoms with Crippen LogP contribution in [0.4, 0.5) is 4.39 Å². The Labute approximate surface area is 191 Å². The lowest BCUT2D eigenvalue weighted by Crippen LogP contribution is -2.27. The van der Waals surface area contributed by atoms with Crippen molar-refractivity contribution in [2.75, 3.05) is 19.4 Å². The zero-order chi connectivity index (χ0) is 22.5. The molecule has 0 aliphatic heterocycles. The molecule has 0 fully saturated rings. The van der Waals surface area contributed by atoms with Crippen molar-refractivity contribution < 1.29 is 13.9 Å². The van der Waals surface area contributed by atoms with E-state index in [4.69, 9.17) is 4.74 Å². The van der Waals surface area contributed by atoms with E-state index >= 15 is 0 Å². The Hall–Kier alpha value is -3.17. The van der Waals surface area contributed by atoms with Crippen LogP contribution in [0.25, 0.3) is 21.3 Å². The summed E-state index contributed by atoms with van der Waals surface area (Å²) < 4.78 is 18.3. The molecule has 9 heteroatoms. The standard InChI is InChI=1S/C23H20FN3O3S2/c1-30-17-8-2-14(3-9-17)10-11-25-19(28)13-32-23-26-21(29)20-18(12-31-22(20)27-23)15-4-6-16(24)7-5-15/h2-9,12H,10-11,13H2,1H3,(H,25,28)(H,26,27,29). The van der Waals surface area contributed by atoms with Crippen molar-refractivity contribution in [2.45, 2.75) is 11.6 Å². The van der Waals surface area contributed by atoms with E-state index in [1.807, 2.05) is 29.6 Å². The third-order valence-corrected chi connectivity index (χ3v) is 6.56. The normalized spacial score (nSPS) is 10.9. The van der Waals surface area contributed by atoms with Gasteiger partial charge < -0.3 is 15.0 Å². The summed E-state index contributed by atoms with van der Waals surface area (Å²) in [5, 5.41) is 5.56. The number of aromatic nitrogens is 2. The van der Waals surface area contributed by atoms with Crippen LogP contribution in [0.1, 0.15) is 5.56 Å². The minimum atomic E-state index is -0.332. The number of H-pyrrole nitrogens is 1. The highest BCUT2D eigenvalue weighted by molar-refractivity contribution is 7.99. The van der Waals surface area contributed by atoms with E-state index in [1.54, 1.807) is 19.2 Å². The second kappa shape index (κ2) is 9.97. The van der Waals surface area contributed by atoms with Crippen molar-refractivity contribution in [2.24, 2.45) is 0 Å². The van der Waals surface area contributed by atoms with Crippen LogP contribution in [0, 0.1) is 5.82 Å². The first-order valence-electron chi connectivity index (χ1n) is 9.83. The fourth-order valence-corrected chi connectivity index (χ4v) is 4.86. The van der Waals surface area contributed by atoms with Crippen LogP contribution >= 0.6 is 23.1 Å². The van der Waals surface area contributed by atoms with Crippen molar-refractivity contribution >= 4 is 39.2 Å². The molecular weight excluding hydrogens is 449 g/mol. The van der Waals surface area contributed by atoms with Crippen molar-refractivity contribution in [1.82, 2.24) is 15.3 Å². The van der Waals surface area contributed by atoms with Gasteiger partial charge in [0.2, 0.25) is 5.91 Å². The Balaban J connectivity index is 1.35. The topological polar surface area (TPSA) is 84.1 Å². The molecule has 0 aliphatic carbocycles. The zero-order valence-electron chi connectivity index (χ0n) is 17.2. The third kappa shape index (κ3) is 5.17. The molecule has 0 bridgehead atoms. The van der Waals surface area contributed by atoms with E-state index in [0.717, 1.165) is 16.9 Å². The number of nitrogens with one attached hydrogen (secondary N) is 2. The predicted octanol–water partition coefficient (Wildman–Crippen LogP) is 4.25. The number of amides is 1. The van der Waals surface area contributed by atoms with Crippen LogP contribution in [0.15, 0.2) is 63.9 Å². The lowest BCUT2D eigenvalue weighted by Gasteiger charge is -2.06. The number of hydrogen-bond donors (Lipinski definition) is 2. The molecule has 2 aromatic heterocycles. The van der Waals surface area contributed by atoms with Crippen molar-refractivity contribution in [3.05, 3.63) is 75.6 Å². The molecule has 0 saturated heterocycles. The number of hydrogen-bond acceptors (Lipinski definition) is 6. The van der Waals surface area contributed by atoms with Gasteiger partial charge in [0, 0.05) is 17.5 Å². The van der Waals surface area contributed by atoms with Gasteiger partial charge in [-0.05, 0) is 41.8 Å². The summed E-state index contributed by atoms with van der Waals surface area (Å²) in [5.41, 5.74) is 2.29. The highest BCUT2D eigenvalue weighted by Gasteiger charge is 2.14. The van der Waals surface area contributed by atoms with Gasteiger partial charge in [-0.25, -0.2) is 9.37 Å². The minimum Gasteiger partial charge on any atom is -0.497 e. The SMILES string of the molecule is COc1ccc(CCNC(=O)CSc2nc3scc(-c4ccc(F)cc4)c3c(=O)[nH]2)cc1. The lowest BCUT2D eigenvalue weighted by molar-refractivity contribution is -0.118. The van der Waals surface area contributed by atoms with Gasteiger partial charge in [0.05, 0.1) is 18.2 Å². The van der Waals surface area contributed by atoms with Crippen LogP contribution in [0.5, 0.6) is 5.75 Å². The number of rotatable bonds is 8. The number of thioether (sulfide) groups is 1. The Bertz CT molecular complexity index is 1280. The van der Waals surface area contributed by atoms with E-state index in [-0.39, 0.29) is 23.0 Å². The van der Waals surface area contributed by atoms with Gasteiger partial charge in [0.25, 0.3) is 5.56 Å². The Morgan fingerprint density at radius 2 is 1.94 bits per heavy atom. The molecule has 0 atom stereocenters. The molecule has 4 aromatic rings. The van der Waals surface area contributed by atoms with Gasteiger partial charge in [-0.3, -0.25) is 9.59 Å². The first-order valence-corrected chi connectivity index (χ1v) is 11.7. The highest BCUT2D eigenvalue weighted by Crippen LogP contribution is 2.31. The monoisotopic (exact) mass is 469 g/mol. The van der Waals surface area contributed by atoms with Crippen LogP contribution in [-0.4, -0.2) is 35.3 Å². The minimum absolute atomic E-state index is 0.135. The average molecular weight is 470 g/mol. The van der Waals surface area contributed by atoms with Gasteiger partial charge >= 0.3 is 0 Å². The molecule has 164 valence electrons. The molecule has 0 radical (unpaired) electrons. The van der Waals surface area contributed by atoms with Gasteiger partial charge in [-0.1, -0.05) is 36.0 Å². The lowest BCUT2D eigenvalue weighted by atomic mass is 10.1. The van der Waals surface area contributed by atoms with E-state index in [9.17, 15) is 14.0 Å². The molecule has 32 heavy (non-hydrogen) atoms. The number of methoxy groups -OCH3 is 1. The number of carbonyl (C=O) groups excluding carboxylic acids is 1. The second-order valence-corrected chi connectivity index (χ2v) is 8.77. The molecule has 0 saturated carbocycles. The molecular formula is C23H20FN3O3S2. The molecule has 2 heterocycles. The van der Waals surface area contributed by atoms with Gasteiger partial charge in [0.1, 0.15) is 16.4 Å². The van der Waals surface area contributed by atoms with Crippen LogP contribution in [0.3, 0.4) is 0 Å². The predicted molar refractivity (Wildman–Crippen MR) is 126 cm³/mol. The second-order valence-electron chi connectivity index (χ2n) is 6.94. The fraction of sp³-hybridized carbons (Fsp3) is 0.174. The molecule has 0 spiro atoms. The number of aromatic amines is 1. The van der Waals surface area contributed by atoms with Crippen LogP contribution in [0.2, 0.25) is 0 Å². The molecule has 2 N–H and O–H groups in total. The third-order valence-electron chi connectivity index (χ3n) is 4.81. The summed E-state index contributed by atoms with van der Waals surface area (Å²) in [7, 11) is 1.62. The molecule has 0 unspecified atom stereocenters. The largest absolute Gasteiger partial charge is 0.497 e. The number of carbonyl (C=O) groups is 1. The number of nitrogens with zero attached hydrogens (tertiary/aromatic N) is 1. The van der Waals surface area contributed by atoms with Crippen molar-refractivity contribution in [1.29, 1.82) is 0 Å². The van der Waals surface area contributed by atoms with Gasteiger partial charge in [-0.15, -0.1) is 11.3 Å². The van der Waals surface area contributed by atoms with Crippen molar-refractivity contribution in [3.8, 4) is 16.9 Å².